The first-order valence-corrected chi connectivity index (χ1v) is 28.2. The van der Waals surface area contributed by atoms with E-state index in [9.17, 15) is 14.4 Å². The predicted octanol–water partition coefficient (Wildman–Crippen LogP) is 18.7. The molecule has 1 unspecified atom stereocenters. The molecule has 65 heavy (non-hydrogen) atoms. The van der Waals surface area contributed by atoms with Gasteiger partial charge in [-0.05, 0) is 64.2 Å². The molecule has 0 aromatic carbocycles. The highest BCUT2D eigenvalue weighted by Crippen LogP contribution is 2.16. The van der Waals surface area contributed by atoms with Crippen molar-refractivity contribution in [1.29, 1.82) is 0 Å². The van der Waals surface area contributed by atoms with Crippen LogP contribution >= 0.6 is 0 Å². The van der Waals surface area contributed by atoms with Gasteiger partial charge in [0.2, 0.25) is 0 Å². The molecule has 0 amide bonds. The summed E-state index contributed by atoms with van der Waals surface area (Å²) in [6, 6.07) is 0. The molecule has 6 heteroatoms. The second-order valence-corrected chi connectivity index (χ2v) is 18.9. The molecule has 0 saturated heterocycles. The highest BCUT2D eigenvalue weighted by molar-refractivity contribution is 5.71. The molecule has 0 aromatic rings. The Balaban J connectivity index is 4.36. The maximum Gasteiger partial charge on any atom is 0.306 e. The Morgan fingerprint density at radius 3 is 0.969 bits per heavy atom. The lowest BCUT2D eigenvalue weighted by Crippen LogP contribution is -2.30. The Morgan fingerprint density at radius 1 is 0.323 bits per heavy atom. The van der Waals surface area contributed by atoms with Crippen molar-refractivity contribution in [2.75, 3.05) is 13.2 Å². The molecule has 378 valence electrons. The summed E-state index contributed by atoms with van der Waals surface area (Å²) in [6.07, 6.45) is 65.3. The van der Waals surface area contributed by atoms with E-state index in [1.165, 1.54) is 167 Å². The molecule has 0 fully saturated rings. The third kappa shape index (κ3) is 52.2. The van der Waals surface area contributed by atoms with Crippen LogP contribution in [-0.2, 0) is 28.6 Å². The van der Waals surface area contributed by atoms with E-state index in [1.807, 2.05) is 0 Å². The van der Waals surface area contributed by atoms with E-state index in [2.05, 4.69) is 69.4 Å². The molecule has 0 aromatic heterocycles. The van der Waals surface area contributed by atoms with Crippen molar-refractivity contribution >= 4 is 17.9 Å². The maximum atomic E-state index is 12.8. The molecule has 0 aliphatic heterocycles. The molecule has 0 aliphatic rings. The van der Waals surface area contributed by atoms with E-state index >= 15 is 0 Å². The number of esters is 3. The summed E-state index contributed by atoms with van der Waals surface area (Å²) in [7, 11) is 0. The first-order valence-electron chi connectivity index (χ1n) is 28.2. The van der Waals surface area contributed by atoms with Crippen molar-refractivity contribution in [3.63, 3.8) is 0 Å². The molecular formula is C59H106O6. The molecule has 1 atom stereocenters. The van der Waals surface area contributed by atoms with Crippen LogP contribution in [0, 0.1) is 0 Å². The standard InChI is InChI=1S/C59H106O6/c1-4-7-10-13-16-19-22-25-27-29-31-34-37-40-43-46-49-52-58(61)64-55-56(54-63-57(60)51-48-45-42-39-36-33-24-21-18-15-12-9-6-3)65-59(62)53-50-47-44-41-38-35-32-30-28-26-23-20-17-14-11-8-5-2/h9,12,15,18,21,24-25,27,56H,4-8,10-11,13-14,16-17,19-20,22-23,26,28-55H2,1-3H3/b12-9+,18-15+,24-21+,27-25+. The summed E-state index contributed by atoms with van der Waals surface area (Å²) in [6.45, 7) is 6.52. The summed E-state index contributed by atoms with van der Waals surface area (Å²) in [5.74, 6) is -0.891. The van der Waals surface area contributed by atoms with E-state index in [4.69, 9.17) is 14.2 Å². The Hall–Kier alpha value is -2.63. The van der Waals surface area contributed by atoms with Gasteiger partial charge in [-0.3, -0.25) is 14.4 Å². The highest BCUT2D eigenvalue weighted by Gasteiger charge is 2.19. The van der Waals surface area contributed by atoms with Crippen LogP contribution in [0.1, 0.15) is 290 Å². The van der Waals surface area contributed by atoms with Gasteiger partial charge >= 0.3 is 17.9 Å². The zero-order valence-electron chi connectivity index (χ0n) is 43.3. The Labute approximate surface area is 403 Å². The highest BCUT2D eigenvalue weighted by atomic mass is 16.6. The Bertz CT molecular complexity index is 1140. The predicted molar refractivity (Wildman–Crippen MR) is 279 cm³/mol. The molecule has 0 N–H and O–H groups in total. The van der Waals surface area contributed by atoms with Crippen LogP contribution in [-0.4, -0.2) is 37.2 Å². The number of carbonyl (C=O) groups excluding carboxylic acids is 3. The van der Waals surface area contributed by atoms with Crippen molar-refractivity contribution in [3.8, 4) is 0 Å². The normalized spacial score (nSPS) is 12.4. The molecule has 0 aliphatic carbocycles. The van der Waals surface area contributed by atoms with Gasteiger partial charge in [-0.25, -0.2) is 0 Å². The van der Waals surface area contributed by atoms with Gasteiger partial charge < -0.3 is 14.2 Å². The Kier molecular flexibility index (Phi) is 51.8. The molecular weight excluding hydrogens is 805 g/mol. The molecule has 0 radical (unpaired) electrons. The minimum Gasteiger partial charge on any atom is -0.462 e. The molecule has 0 rings (SSSR count). The van der Waals surface area contributed by atoms with Gasteiger partial charge in [0.25, 0.3) is 0 Å². The number of hydrogen-bond acceptors (Lipinski definition) is 6. The number of unbranched alkanes of at least 4 members (excludes halogenated alkanes) is 34. The lowest BCUT2D eigenvalue weighted by molar-refractivity contribution is -0.167. The SMILES string of the molecule is CC/C=C/C=C/C=C/CCCCCCCC(=O)OCC(COC(=O)CCCCCCCCC/C=C/CCCCCCCC)OC(=O)CCCCCCCCCCCCCCCCCCC. The smallest absolute Gasteiger partial charge is 0.306 e. The summed E-state index contributed by atoms with van der Waals surface area (Å²) >= 11 is 0. The van der Waals surface area contributed by atoms with E-state index in [0.29, 0.717) is 19.3 Å². The first kappa shape index (κ1) is 62.4. The van der Waals surface area contributed by atoms with E-state index in [0.717, 1.165) is 83.5 Å². The molecule has 0 saturated carbocycles. The number of allylic oxidation sites excluding steroid dienone is 8. The second kappa shape index (κ2) is 54.0. The van der Waals surface area contributed by atoms with Gasteiger partial charge in [0.05, 0.1) is 0 Å². The van der Waals surface area contributed by atoms with Crippen LogP contribution in [0.25, 0.3) is 0 Å². The average Bonchev–Trinajstić information content (AvgIpc) is 3.30. The van der Waals surface area contributed by atoms with Crippen LogP contribution in [0.4, 0.5) is 0 Å². The third-order valence-corrected chi connectivity index (χ3v) is 12.4. The van der Waals surface area contributed by atoms with Gasteiger partial charge in [-0.1, -0.05) is 256 Å². The van der Waals surface area contributed by atoms with Crippen molar-refractivity contribution in [2.45, 2.75) is 297 Å². The summed E-state index contributed by atoms with van der Waals surface area (Å²) in [4.78, 5) is 38.1. The van der Waals surface area contributed by atoms with Crippen molar-refractivity contribution in [3.05, 3.63) is 48.6 Å². The van der Waals surface area contributed by atoms with E-state index < -0.39 is 6.10 Å². The first-order chi connectivity index (χ1) is 32.0. The van der Waals surface area contributed by atoms with Gasteiger partial charge in [-0.2, -0.15) is 0 Å². The van der Waals surface area contributed by atoms with E-state index in [-0.39, 0.29) is 31.1 Å². The summed E-state index contributed by atoms with van der Waals surface area (Å²) < 4.78 is 16.8. The molecule has 6 nitrogen and oxygen atoms in total. The minimum absolute atomic E-state index is 0.0794. The quantitative estimate of drug-likeness (QED) is 0.0199. The van der Waals surface area contributed by atoms with Crippen LogP contribution in [0.2, 0.25) is 0 Å². The fraction of sp³-hybridized carbons (Fsp3) is 0.814. The number of hydrogen-bond donors (Lipinski definition) is 0. The fourth-order valence-corrected chi connectivity index (χ4v) is 8.14. The fourth-order valence-electron chi connectivity index (χ4n) is 8.14. The zero-order chi connectivity index (χ0) is 47.2. The average molecular weight is 911 g/mol. The number of rotatable bonds is 51. The van der Waals surface area contributed by atoms with Crippen molar-refractivity contribution in [2.24, 2.45) is 0 Å². The molecule has 0 spiro atoms. The van der Waals surface area contributed by atoms with Gasteiger partial charge in [-0.15, -0.1) is 0 Å². The lowest BCUT2D eigenvalue weighted by Gasteiger charge is -2.18. The zero-order valence-corrected chi connectivity index (χ0v) is 43.3. The third-order valence-electron chi connectivity index (χ3n) is 12.4. The molecule has 0 bridgehead atoms. The van der Waals surface area contributed by atoms with Crippen LogP contribution in [0.15, 0.2) is 48.6 Å². The van der Waals surface area contributed by atoms with Crippen LogP contribution in [0.5, 0.6) is 0 Å². The summed E-state index contributed by atoms with van der Waals surface area (Å²) in [5.41, 5.74) is 0. The lowest BCUT2D eigenvalue weighted by atomic mass is 10.0. The Morgan fingerprint density at radius 2 is 0.615 bits per heavy atom. The second-order valence-electron chi connectivity index (χ2n) is 18.9. The van der Waals surface area contributed by atoms with Gasteiger partial charge in [0.15, 0.2) is 6.10 Å². The van der Waals surface area contributed by atoms with Crippen LogP contribution in [0.3, 0.4) is 0 Å². The monoisotopic (exact) mass is 911 g/mol. The molecule has 0 heterocycles. The van der Waals surface area contributed by atoms with E-state index in [1.54, 1.807) is 0 Å². The topological polar surface area (TPSA) is 78.9 Å². The maximum absolute atomic E-state index is 12.8. The minimum atomic E-state index is -0.780. The van der Waals surface area contributed by atoms with Crippen LogP contribution < -0.4 is 0 Å². The number of carbonyl (C=O) groups is 3. The van der Waals surface area contributed by atoms with Crippen molar-refractivity contribution in [1.82, 2.24) is 0 Å². The van der Waals surface area contributed by atoms with Gasteiger partial charge in [0.1, 0.15) is 13.2 Å². The summed E-state index contributed by atoms with van der Waals surface area (Å²) in [5, 5.41) is 0. The van der Waals surface area contributed by atoms with Gasteiger partial charge in [0, 0.05) is 19.3 Å². The largest absolute Gasteiger partial charge is 0.462 e. The van der Waals surface area contributed by atoms with Crippen molar-refractivity contribution < 1.29 is 28.6 Å². The number of ether oxygens (including phenoxy) is 3.